The predicted molar refractivity (Wildman–Crippen MR) is 48.8 cm³/mol. The molecular weight excluding hydrogens is 152 g/mol. The Morgan fingerprint density at radius 1 is 1.50 bits per heavy atom. The van der Waals surface area contributed by atoms with Crippen molar-refractivity contribution in [2.24, 2.45) is 0 Å². The lowest BCUT2D eigenvalue weighted by Crippen LogP contribution is -2.35. The first-order valence-electron chi connectivity index (χ1n) is 4.04. The van der Waals surface area contributed by atoms with Crippen LogP contribution in [0.3, 0.4) is 0 Å². The summed E-state index contributed by atoms with van der Waals surface area (Å²) in [6.45, 7) is 3.97. The van der Waals surface area contributed by atoms with E-state index >= 15 is 0 Å². The van der Waals surface area contributed by atoms with Crippen molar-refractivity contribution in [3.63, 3.8) is 0 Å². The number of hydrogen-bond donors (Lipinski definition) is 0. The molecule has 0 aliphatic rings. The highest BCUT2D eigenvalue weighted by Gasteiger charge is 2.23. The van der Waals surface area contributed by atoms with E-state index < -0.39 is 0 Å². The second-order valence-corrected chi connectivity index (χ2v) is 3.78. The molecule has 12 heavy (non-hydrogen) atoms. The zero-order valence-electron chi connectivity index (χ0n) is 8.59. The van der Waals surface area contributed by atoms with Gasteiger partial charge < -0.3 is 4.74 Å². The average molecular weight is 170 g/mol. The molecule has 0 aromatic rings. The molecule has 0 aromatic carbocycles. The number of nitrogens with zero attached hydrogens (tertiary/aromatic N) is 2. The Balaban J connectivity index is 4.14. The van der Waals surface area contributed by atoms with Crippen LogP contribution in [-0.4, -0.2) is 37.7 Å². The summed E-state index contributed by atoms with van der Waals surface area (Å²) in [6.07, 6.45) is 0.729. The standard InChI is InChI=1S/C9H18N2O/c1-9(2,12-5)6-8(7-10)11(3)4/h8H,6H2,1-5H3. The summed E-state index contributed by atoms with van der Waals surface area (Å²) in [6, 6.07) is 2.17. The Bertz CT molecular complexity index is 170. The number of methoxy groups -OCH3 is 1. The number of nitriles is 1. The monoisotopic (exact) mass is 170 g/mol. The third-order valence-corrected chi connectivity index (χ3v) is 2.01. The van der Waals surface area contributed by atoms with Crippen LogP contribution in [0.4, 0.5) is 0 Å². The zero-order chi connectivity index (χ0) is 9.78. The van der Waals surface area contributed by atoms with Gasteiger partial charge in [-0.3, -0.25) is 4.90 Å². The van der Waals surface area contributed by atoms with Gasteiger partial charge in [0.05, 0.1) is 17.7 Å². The van der Waals surface area contributed by atoms with Gasteiger partial charge in [0.15, 0.2) is 0 Å². The van der Waals surface area contributed by atoms with Crippen LogP contribution in [0, 0.1) is 11.3 Å². The van der Waals surface area contributed by atoms with Crippen molar-refractivity contribution < 1.29 is 4.74 Å². The van der Waals surface area contributed by atoms with E-state index in [2.05, 4.69) is 6.07 Å². The fourth-order valence-electron chi connectivity index (χ4n) is 0.893. The van der Waals surface area contributed by atoms with E-state index in [1.807, 2.05) is 32.8 Å². The average Bonchev–Trinajstić information content (AvgIpc) is 2.00. The van der Waals surface area contributed by atoms with Crippen molar-refractivity contribution >= 4 is 0 Å². The molecule has 0 heterocycles. The van der Waals surface area contributed by atoms with Gasteiger partial charge in [-0.1, -0.05) is 0 Å². The molecule has 0 amide bonds. The van der Waals surface area contributed by atoms with Crippen LogP contribution in [0.2, 0.25) is 0 Å². The second kappa shape index (κ2) is 4.44. The van der Waals surface area contributed by atoms with Gasteiger partial charge in [0, 0.05) is 13.5 Å². The quantitative estimate of drug-likeness (QED) is 0.637. The Morgan fingerprint density at radius 2 is 2.00 bits per heavy atom. The van der Waals surface area contributed by atoms with Crippen molar-refractivity contribution in [2.45, 2.75) is 31.9 Å². The van der Waals surface area contributed by atoms with Gasteiger partial charge in [0.25, 0.3) is 0 Å². The molecule has 3 nitrogen and oxygen atoms in total. The largest absolute Gasteiger partial charge is 0.379 e. The number of ether oxygens (including phenoxy) is 1. The van der Waals surface area contributed by atoms with Crippen LogP contribution in [0.5, 0.6) is 0 Å². The molecule has 0 spiro atoms. The number of hydrogen-bond acceptors (Lipinski definition) is 3. The molecule has 0 rings (SSSR count). The lowest BCUT2D eigenvalue weighted by atomic mass is 9.99. The lowest BCUT2D eigenvalue weighted by molar-refractivity contribution is 0.00352. The minimum atomic E-state index is -0.218. The van der Waals surface area contributed by atoms with Gasteiger partial charge in [-0.2, -0.15) is 5.26 Å². The Labute approximate surface area is 74.9 Å². The molecule has 0 aliphatic heterocycles. The summed E-state index contributed by atoms with van der Waals surface area (Å²) in [5.41, 5.74) is -0.218. The smallest absolute Gasteiger partial charge is 0.1000 e. The molecule has 0 radical (unpaired) electrons. The zero-order valence-corrected chi connectivity index (χ0v) is 8.59. The van der Waals surface area contributed by atoms with Crippen LogP contribution in [0.25, 0.3) is 0 Å². The maximum absolute atomic E-state index is 8.81. The minimum absolute atomic E-state index is 0.0695. The van der Waals surface area contributed by atoms with Gasteiger partial charge in [-0.25, -0.2) is 0 Å². The number of rotatable bonds is 4. The highest BCUT2D eigenvalue weighted by atomic mass is 16.5. The summed E-state index contributed by atoms with van der Waals surface area (Å²) in [5.74, 6) is 0. The normalized spacial score (nSPS) is 14.4. The predicted octanol–water partition coefficient (Wildman–Crippen LogP) is 1.26. The van der Waals surface area contributed by atoms with Gasteiger partial charge in [0.2, 0.25) is 0 Å². The van der Waals surface area contributed by atoms with E-state index in [0.717, 1.165) is 6.42 Å². The first-order valence-corrected chi connectivity index (χ1v) is 4.04. The third kappa shape index (κ3) is 3.70. The van der Waals surface area contributed by atoms with E-state index in [4.69, 9.17) is 10.00 Å². The summed E-state index contributed by atoms with van der Waals surface area (Å²) < 4.78 is 5.24. The molecule has 1 atom stereocenters. The molecule has 0 aliphatic carbocycles. The van der Waals surface area contributed by atoms with Crippen molar-refractivity contribution in [3.05, 3.63) is 0 Å². The molecule has 3 heteroatoms. The molecule has 0 saturated carbocycles. The molecule has 0 bridgehead atoms. The van der Waals surface area contributed by atoms with Crippen LogP contribution in [0.1, 0.15) is 20.3 Å². The highest BCUT2D eigenvalue weighted by Crippen LogP contribution is 2.17. The molecule has 0 fully saturated rings. The molecule has 0 N–H and O–H groups in total. The second-order valence-electron chi connectivity index (χ2n) is 3.78. The van der Waals surface area contributed by atoms with Crippen LogP contribution in [-0.2, 0) is 4.74 Å². The first kappa shape index (κ1) is 11.4. The minimum Gasteiger partial charge on any atom is -0.379 e. The lowest BCUT2D eigenvalue weighted by Gasteiger charge is -2.28. The van der Waals surface area contributed by atoms with E-state index in [1.165, 1.54) is 0 Å². The summed E-state index contributed by atoms with van der Waals surface area (Å²) in [7, 11) is 5.48. The molecule has 0 aromatic heterocycles. The van der Waals surface area contributed by atoms with Crippen LogP contribution in [0.15, 0.2) is 0 Å². The fraction of sp³-hybridized carbons (Fsp3) is 0.889. The van der Waals surface area contributed by atoms with E-state index in [-0.39, 0.29) is 11.6 Å². The summed E-state index contributed by atoms with van der Waals surface area (Å²) in [5, 5.41) is 8.81. The third-order valence-electron chi connectivity index (χ3n) is 2.01. The summed E-state index contributed by atoms with van der Waals surface area (Å²) >= 11 is 0. The first-order chi connectivity index (χ1) is 5.43. The van der Waals surface area contributed by atoms with Crippen molar-refractivity contribution in [2.75, 3.05) is 21.2 Å². The van der Waals surface area contributed by atoms with Gasteiger partial charge >= 0.3 is 0 Å². The van der Waals surface area contributed by atoms with E-state index in [0.29, 0.717) is 0 Å². The van der Waals surface area contributed by atoms with Crippen molar-refractivity contribution in [3.8, 4) is 6.07 Å². The molecule has 70 valence electrons. The Hall–Kier alpha value is -0.590. The van der Waals surface area contributed by atoms with Crippen LogP contribution < -0.4 is 0 Å². The topological polar surface area (TPSA) is 36.3 Å². The highest BCUT2D eigenvalue weighted by molar-refractivity contribution is 4.93. The van der Waals surface area contributed by atoms with Gasteiger partial charge in [-0.05, 0) is 27.9 Å². The molecular formula is C9H18N2O. The SMILES string of the molecule is COC(C)(C)CC(C#N)N(C)C. The molecule has 1 unspecified atom stereocenters. The van der Waals surface area contributed by atoms with Gasteiger partial charge in [-0.15, -0.1) is 0 Å². The fourth-order valence-corrected chi connectivity index (χ4v) is 0.893. The van der Waals surface area contributed by atoms with E-state index in [1.54, 1.807) is 7.11 Å². The van der Waals surface area contributed by atoms with E-state index in [9.17, 15) is 0 Å². The Morgan fingerprint density at radius 3 is 2.25 bits per heavy atom. The Kier molecular flexibility index (Phi) is 4.22. The summed E-state index contributed by atoms with van der Waals surface area (Å²) in [4.78, 5) is 1.90. The molecule has 0 saturated heterocycles. The van der Waals surface area contributed by atoms with Crippen molar-refractivity contribution in [1.82, 2.24) is 4.90 Å². The van der Waals surface area contributed by atoms with Crippen LogP contribution >= 0.6 is 0 Å². The maximum atomic E-state index is 8.81. The van der Waals surface area contributed by atoms with Crippen molar-refractivity contribution in [1.29, 1.82) is 5.26 Å². The van der Waals surface area contributed by atoms with Gasteiger partial charge in [0.1, 0.15) is 0 Å². The maximum Gasteiger partial charge on any atom is 0.1000 e.